The Hall–Kier alpha value is -2.33. The van der Waals surface area contributed by atoms with Gasteiger partial charge in [-0.2, -0.15) is 0 Å². The number of nitrogens with zero attached hydrogens (tertiary/aromatic N) is 1. The maximum Gasteiger partial charge on any atom is 0.243 e. The number of carbonyl (C=O) groups excluding carboxylic acids is 2. The van der Waals surface area contributed by atoms with E-state index in [4.69, 9.17) is 11.6 Å². The average molecular weight is 429 g/mol. The van der Waals surface area contributed by atoms with Gasteiger partial charge < -0.3 is 10.2 Å². The number of carbonyl (C=O) groups is 2. The third-order valence-electron chi connectivity index (χ3n) is 5.05. The zero-order valence-electron chi connectivity index (χ0n) is 18.7. The summed E-state index contributed by atoms with van der Waals surface area (Å²) in [5.74, 6) is -0.168. The Morgan fingerprint density at radius 1 is 1.03 bits per heavy atom. The van der Waals surface area contributed by atoms with Gasteiger partial charge in [-0.3, -0.25) is 9.59 Å². The molecule has 0 heterocycles. The summed E-state index contributed by atoms with van der Waals surface area (Å²) in [6, 6.07) is 15.0. The molecule has 1 N–H and O–H groups in total. The molecule has 0 aromatic heterocycles. The van der Waals surface area contributed by atoms with Crippen molar-refractivity contribution < 1.29 is 9.59 Å². The SMILES string of the molecule is CC[C@@H](C(=O)NC(C)(C)C)N(Cc1ccccc1C)C(=O)CCc1ccccc1Cl. The molecule has 5 heteroatoms. The van der Waals surface area contributed by atoms with E-state index in [1.165, 1.54) is 0 Å². The van der Waals surface area contributed by atoms with Crippen LogP contribution in [-0.2, 0) is 22.6 Å². The summed E-state index contributed by atoms with van der Waals surface area (Å²) in [6.07, 6.45) is 1.39. The van der Waals surface area contributed by atoms with Gasteiger partial charge in [-0.25, -0.2) is 0 Å². The summed E-state index contributed by atoms with van der Waals surface area (Å²) in [7, 11) is 0. The van der Waals surface area contributed by atoms with E-state index in [1.54, 1.807) is 4.90 Å². The van der Waals surface area contributed by atoms with E-state index in [0.717, 1.165) is 16.7 Å². The summed E-state index contributed by atoms with van der Waals surface area (Å²) in [5.41, 5.74) is 2.73. The number of amides is 2. The Bertz CT molecular complexity index is 873. The van der Waals surface area contributed by atoms with Crippen molar-refractivity contribution >= 4 is 23.4 Å². The molecule has 0 radical (unpaired) electrons. The number of hydrogen-bond acceptors (Lipinski definition) is 2. The molecule has 2 rings (SSSR count). The van der Waals surface area contributed by atoms with Crippen molar-refractivity contribution in [2.75, 3.05) is 0 Å². The van der Waals surface area contributed by atoms with E-state index in [2.05, 4.69) is 5.32 Å². The number of nitrogens with one attached hydrogen (secondary N) is 1. The molecule has 4 nitrogen and oxygen atoms in total. The lowest BCUT2D eigenvalue weighted by molar-refractivity contribution is -0.142. The predicted octanol–water partition coefficient (Wildman–Crippen LogP) is 5.30. The van der Waals surface area contributed by atoms with E-state index >= 15 is 0 Å². The molecular formula is C25H33ClN2O2. The second-order valence-electron chi connectivity index (χ2n) is 8.70. The van der Waals surface area contributed by atoms with E-state index in [9.17, 15) is 9.59 Å². The lowest BCUT2D eigenvalue weighted by Crippen LogP contribution is -2.53. The second-order valence-corrected chi connectivity index (χ2v) is 9.11. The van der Waals surface area contributed by atoms with Gasteiger partial charge in [0.25, 0.3) is 0 Å². The van der Waals surface area contributed by atoms with Gasteiger partial charge in [0.15, 0.2) is 0 Å². The number of benzene rings is 2. The summed E-state index contributed by atoms with van der Waals surface area (Å²) in [6.45, 7) is 10.2. The molecule has 1 atom stereocenters. The first-order chi connectivity index (χ1) is 14.1. The monoisotopic (exact) mass is 428 g/mol. The van der Waals surface area contributed by atoms with Crippen LogP contribution in [-0.4, -0.2) is 28.3 Å². The van der Waals surface area contributed by atoms with Crippen molar-refractivity contribution in [3.63, 3.8) is 0 Å². The number of hydrogen-bond donors (Lipinski definition) is 1. The van der Waals surface area contributed by atoms with Gasteiger partial charge in [-0.15, -0.1) is 0 Å². The second kappa shape index (κ2) is 10.6. The van der Waals surface area contributed by atoms with Gasteiger partial charge in [0, 0.05) is 23.5 Å². The number of aryl methyl sites for hydroxylation is 2. The van der Waals surface area contributed by atoms with Gasteiger partial charge in [0.2, 0.25) is 11.8 Å². The molecule has 0 aliphatic rings. The molecule has 0 fully saturated rings. The van der Waals surface area contributed by atoms with Crippen molar-refractivity contribution in [2.45, 2.75) is 72.0 Å². The molecular weight excluding hydrogens is 396 g/mol. The van der Waals surface area contributed by atoms with Crippen LogP contribution < -0.4 is 5.32 Å². The van der Waals surface area contributed by atoms with Crippen LogP contribution in [0.3, 0.4) is 0 Å². The highest BCUT2D eigenvalue weighted by atomic mass is 35.5. The van der Waals surface area contributed by atoms with E-state index in [0.29, 0.717) is 30.8 Å². The third-order valence-corrected chi connectivity index (χ3v) is 5.42. The van der Waals surface area contributed by atoms with Crippen LogP contribution in [0.15, 0.2) is 48.5 Å². The van der Waals surface area contributed by atoms with Crippen LogP contribution >= 0.6 is 11.6 Å². The van der Waals surface area contributed by atoms with Gasteiger partial charge in [0.05, 0.1) is 0 Å². The predicted molar refractivity (Wildman–Crippen MR) is 123 cm³/mol. The quantitative estimate of drug-likeness (QED) is 0.619. The van der Waals surface area contributed by atoms with Gasteiger partial charge >= 0.3 is 0 Å². The first-order valence-electron chi connectivity index (χ1n) is 10.5. The molecule has 0 unspecified atom stereocenters. The number of rotatable bonds is 8. The highest BCUT2D eigenvalue weighted by Gasteiger charge is 2.30. The lowest BCUT2D eigenvalue weighted by Gasteiger charge is -2.33. The zero-order chi connectivity index (χ0) is 22.3. The smallest absolute Gasteiger partial charge is 0.243 e. The summed E-state index contributed by atoms with van der Waals surface area (Å²) >= 11 is 6.26. The topological polar surface area (TPSA) is 49.4 Å². The fourth-order valence-electron chi connectivity index (χ4n) is 3.43. The Kier molecular flexibility index (Phi) is 8.48. The van der Waals surface area contributed by atoms with Crippen molar-refractivity contribution in [1.29, 1.82) is 0 Å². The Morgan fingerprint density at radius 2 is 1.63 bits per heavy atom. The fourth-order valence-corrected chi connectivity index (χ4v) is 3.66. The zero-order valence-corrected chi connectivity index (χ0v) is 19.4. The Labute approximate surface area is 185 Å². The van der Waals surface area contributed by atoms with Gasteiger partial charge in [0.1, 0.15) is 6.04 Å². The van der Waals surface area contributed by atoms with Crippen molar-refractivity contribution in [3.05, 3.63) is 70.2 Å². The minimum absolute atomic E-state index is 0.0471. The molecule has 0 saturated carbocycles. The molecule has 2 amide bonds. The van der Waals surface area contributed by atoms with Crippen LogP contribution in [0.2, 0.25) is 5.02 Å². The Morgan fingerprint density at radius 3 is 2.20 bits per heavy atom. The molecule has 0 bridgehead atoms. The minimum atomic E-state index is -0.525. The molecule has 2 aromatic rings. The van der Waals surface area contributed by atoms with Crippen LogP contribution in [0.5, 0.6) is 0 Å². The van der Waals surface area contributed by atoms with Gasteiger partial charge in [-0.05, 0) is 63.3 Å². The number of halogens is 1. The first-order valence-corrected chi connectivity index (χ1v) is 10.9. The van der Waals surface area contributed by atoms with Crippen molar-refractivity contribution in [1.82, 2.24) is 10.2 Å². The van der Waals surface area contributed by atoms with Gasteiger partial charge in [-0.1, -0.05) is 61.0 Å². The first kappa shape index (κ1) is 23.9. The van der Waals surface area contributed by atoms with Crippen molar-refractivity contribution in [3.8, 4) is 0 Å². The molecule has 0 saturated heterocycles. The fraction of sp³-hybridized carbons (Fsp3) is 0.440. The van der Waals surface area contributed by atoms with Crippen LogP contribution in [0.4, 0.5) is 0 Å². The third kappa shape index (κ3) is 6.88. The summed E-state index contributed by atoms with van der Waals surface area (Å²) in [5, 5.41) is 3.70. The molecule has 2 aromatic carbocycles. The average Bonchev–Trinajstić information content (AvgIpc) is 2.67. The highest BCUT2D eigenvalue weighted by Crippen LogP contribution is 2.20. The van der Waals surface area contributed by atoms with Crippen LogP contribution in [0.1, 0.15) is 57.2 Å². The minimum Gasteiger partial charge on any atom is -0.350 e. The molecule has 0 aliphatic carbocycles. The largest absolute Gasteiger partial charge is 0.350 e. The molecule has 162 valence electrons. The maximum atomic E-state index is 13.3. The Balaban J connectivity index is 2.27. The van der Waals surface area contributed by atoms with Crippen molar-refractivity contribution in [2.24, 2.45) is 0 Å². The highest BCUT2D eigenvalue weighted by molar-refractivity contribution is 6.31. The molecule has 0 aliphatic heterocycles. The van der Waals surface area contributed by atoms with Crippen LogP contribution in [0, 0.1) is 6.92 Å². The van der Waals surface area contributed by atoms with E-state index in [1.807, 2.05) is 83.1 Å². The summed E-state index contributed by atoms with van der Waals surface area (Å²) < 4.78 is 0. The molecule has 30 heavy (non-hydrogen) atoms. The maximum absolute atomic E-state index is 13.3. The normalized spacial score (nSPS) is 12.3. The lowest BCUT2D eigenvalue weighted by atomic mass is 10.0. The van der Waals surface area contributed by atoms with E-state index < -0.39 is 6.04 Å². The molecule has 0 spiro atoms. The van der Waals surface area contributed by atoms with E-state index in [-0.39, 0.29) is 17.4 Å². The van der Waals surface area contributed by atoms with Crippen LogP contribution in [0.25, 0.3) is 0 Å². The summed E-state index contributed by atoms with van der Waals surface area (Å²) in [4.78, 5) is 28.1. The standard InChI is InChI=1S/C25H33ClN2O2/c1-6-22(24(30)27-25(3,4)5)28(17-20-13-8-7-11-18(20)2)23(29)16-15-19-12-9-10-14-21(19)26/h7-14,22H,6,15-17H2,1-5H3,(H,27,30)/t22-/m0/s1.